The van der Waals surface area contributed by atoms with Crippen LogP contribution in [-0.2, 0) is 4.74 Å². The van der Waals surface area contributed by atoms with Crippen LogP contribution in [0.25, 0.3) is 0 Å². The Labute approximate surface area is 108 Å². The molecule has 0 atom stereocenters. The zero-order valence-electron chi connectivity index (χ0n) is 8.67. The Bertz CT molecular complexity index is 405. The maximum Gasteiger partial charge on any atom is 0.128 e. The van der Waals surface area contributed by atoms with E-state index in [-0.39, 0.29) is 0 Å². The third-order valence-electron chi connectivity index (χ3n) is 2.52. The summed E-state index contributed by atoms with van der Waals surface area (Å²) in [4.78, 5) is 2.01. The minimum atomic E-state index is 0.528. The molecule has 0 aliphatic carbocycles. The van der Waals surface area contributed by atoms with Crippen LogP contribution < -0.4 is 0 Å². The summed E-state index contributed by atoms with van der Waals surface area (Å²) < 4.78 is 6.08. The lowest BCUT2D eigenvalue weighted by molar-refractivity contribution is 0.0680. The van der Waals surface area contributed by atoms with Gasteiger partial charge < -0.3 is 9.64 Å². The fourth-order valence-corrected chi connectivity index (χ4v) is 2.11. The van der Waals surface area contributed by atoms with Gasteiger partial charge in [-0.2, -0.15) is 0 Å². The Morgan fingerprint density at radius 1 is 1.38 bits per heavy atom. The summed E-state index contributed by atoms with van der Waals surface area (Å²) in [5.74, 6) is 0.528. The van der Waals surface area contributed by atoms with Crippen LogP contribution in [0.15, 0.2) is 22.7 Å². The van der Waals surface area contributed by atoms with Gasteiger partial charge in [-0.1, -0.05) is 11.6 Å². The number of nitrogens with one attached hydrogen (secondary N) is 1. The molecule has 0 bridgehead atoms. The number of benzene rings is 1. The van der Waals surface area contributed by atoms with Crippen molar-refractivity contribution in [3.8, 4) is 0 Å². The molecule has 0 saturated carbocycles. The van der Waals surface area contributed by atoms with Crippen LogP contribution in [0, 0.1) is 5.41 Å². The molecule has 0 amide bonds. The highest BCUT2D eigenvalue weighted by atomic mass is 79.9. The predicted molar refractivity (Wildman–Crippen MR) is 68.4 cm³/mol. The number of hydrogen-bond acceptors (Lipinski definition) is 2. The van der Waals surface area contributed by atoms with Crippen molar-refractivity contribution in [3.05, 3.63) is 33.3 Å². The second-order valence-corrected chi connectivity index (χ2v) is 4.84. The molecule has 5 heteroatoms. The van der Waals surface area contributed by atoms with E-state index in [9.17, 15) is 0 Å². The van der Waals surface area contributed by atoms with Gasteiger partial charge in [0.2, 0.25) is 0 Å². The summed E-state index contributed by atoms with van der Waals surface area (Å²) in [6.07, 6.45) is 0. The van der Waals surface area contributed by atoms with E-state index in [1.54, 1.807) is 6.07 Å². The Kier molecular flexibility index (Phi) is 3.84. The molecule has 0 aromatic heterocycles. The first-order valence-corrected chi connectivity index (χ1v) is 6.22. The zero-order valence-corrected chi connectivity index (χ0v) is 11.0. The third-order valence-corrected chi connectivity index (χ3v) is 3.73. The van der Waals surface area contributed by atoms with Gasteiger partial charge in [-0.15, -0.1) is 0 Å². The van der Waals surface area contributed by atoms with Crippen molar-refractivity contribution in [2.75, 3.05) is 26.3 Å². The molecule has 86 valence electrons. The fraction of sp³-hybridized carbons (Fsp3) is 0.364. The minimum Gasteiger partial charge on any atom is -0.378 e. The largest absolute Gasteiger partial charge is 0.378 e. The summed E-state index contributed by atoms with van der Waals surface area (Å²) in [5.41, 5.74) is 0.873. The molecule has 1 aromatic rings. The number of morpholine rings is 1. The standard InChI is InChI=1S/C11H12BrClN2O/c12-9-7-8(1-2-10(9)13)11(14)15-3-5-16-6-4-15/h1-2,7,14H,3-6H2. The lowest BCUT2D eigenvalue weighted by atomic mass is 10.2. The van der Waals surface area contributed by atoms with Crippen LogP contribution in [0.4, 0.5) is 0 Å². The molecule has 2 rings (SSSR count). The second kappa shape index (κ2) is 5.17. The van der Waals surface area contributed by atoms with Gasteiger partial charge in [-0.3, -0.25) is 5.41 Å². The summed E-state index contributed by atoms with van der Waals surface area (Å²) in [6, 6.07) is 5.54. The Morgan fingerprint density at radius 3 is 2.69 bits per heavy atom. The van der Waals surface area contributed by atoms with Crippen molar-refractivity contribution >= 4 is 33.4 Å². The van der Waals surface area contributed by atoms with E-state index in [1.165, 1.54) is 0 Å². The SMILES string of the molecule is N=C(c1ccc(Cl)c(Br)c1)N1CCOCC1. The highest BCUT2D eigenvalue weighted by molar-refractivity contribution is 9.10. The van der Waals surface area contributed by atoms with Gasteiger partial charge in [-0.25, -0.2) is 0 Å². The molecule has 1 aliphatic heterocycles. The second-order valence-electron chi connectivity index (χ2n) is 3.58. The molecule has 1 aromatic carbocycles. The molecule has 16 heavy (non-hydrogen) atoms. The van der Waals surface area contributed by atoms with E-state index in [0.29, 0.717) is 24.1 Å². The molecule has 0 spiro atoms. The number of hydrogen-bond donors (Lipinski definition) is 1. The Balaban J connectivity index is 2.16. The molecular weight excluding hydrogens is 291 g/mol. The summed E-state index contributed by atoms with van der Waals surface area (Å²) >= 11 is 9.29. The average Bonchev–Trinajstić information content (AvgIpc) is 2.33. The van der Waals surface area contributed by atoms with Gasteiger partial charge in [0.1, 0.15) is 5.84 Å². The predicted octanol–water partition coefficient (Wildman–Crippen LogP) is 2.76. The van der Waals surface area contributed by atoms with Crippen LogP contribution in [0.3, 0.4) is 0 Å². The average molecular weight is 304 g/mol. The van der Waals surface area contributed by atoms with E-state index in [1.807, 2.05) is 17.0 Å². The van der Waals surface area contributed by atoms with Crippen LogP contribution >= 0.6 is 27.5 Å². The summed E-state index contributed by atoms with van der Waals surface area (Å²) in [5, 5.41) is 8.76. The van der Waals surface area contributed by atoms with Crippen LogP contribution in [0.5, 0.6) is 0 Å². The first-order valence-electron chi connectivity index (χ1n) is 5.05. The van der Waals surface area contributed by atoms with Crippen molar-refractivity contribution in [2.24, 2.45) is 0 Å². The quantitative estimate of drug-likeness (QED) is 0.640. The lowest BCUT2D eigenvalue weighted by Gasteiger charge is -2.29. The maximum atomic E-state index is 8.10. The third kappa shape index (κ3) is 2.56. The summed E-state index contributed by atoms with van der Waals surface area (Å²) in [6.45, 7) is 2.94. The molecule has 3 nitrogen and oxygen atoms in total. The fourth-order valence-electron chi connectivity index (χ4n) is 1.61. The van der Waals surface area contributed by atoms with Gasteiger partial charge in [0.15, 0.2) is 0 Å². The van der Waals surface area contributed by atoms with E-state index in [4.69, 9.17) is 21.7 Å². The number of nitrogens with zero attached hydrogens (tertiary/aromatic N) is 1. The highest BCUT2D eigenvalue weighted by Crippen LogP contribution is 2.23. The highest BCUT2D eigenvalue weighted by Gasteiger charge is 2.15. The topological polar surface area (TPSA) is 36.3 Å². The monoisotopic (exact) mass is 302 g/mol. The van der Waals surface area contributed by atoms with Gasteiger partial charge in [0.05, 0.1) is 18.2 Å². The molecule has 0 unspecified atom stereocenters. The number of amidine groups is 1. The van der Waals surface area contributed by atoms with Crippen molar-refractivity contribution in [1.82, 2.24) is 4.90 Å². The van der Waals surface area contributed by atoms with E-state index >= 15 is 0 Å². The van der Waals surface area contributed by atoms with E-state index in [0.717, 1.165) is 23.1 Å². The first-order chi connectivity index (χ1) is 7.68. The van der Waals surface area contributed by atoms with Crippen LogP contribution in [-0.4, -0.2) is 37.0 Å². The molecule has 1 saturated heterocycles. The Morgan fingerprint density at radius 2 is 2.06 bits per heavy atom. The maximum absolute atomic E-state index is 8.10. The molecule has 1 fully saturated rings. The number of ether oxygens (including phenoxy) is 1. The Hall–Kier alpha value is -0.580. The lowest BCUT2D eigenvalue weighted by Crippen LogP contribution is -2.40. The zero-order chi connectivity index (χ0) is 11.5. The van der Waals surface area contributed by atoms with Crippen molar-refractivity contribution in [1.29, 1.82) is 5.41 Å². The smallest absolute Gasteiger partial charge is 0.128 e. The van der Waals surface area contributed by atoms with Gasteiger partial charge in [0.25, 0.3) is 0 Å². The van der Waals surface area contributed by atoms with Gasteiger partial charge in [-0.05, 0) is 34.1 Å². The van der Waals surface area contributed by atoms with Crippen molar-refractivity contribution < 1.29 is 4.74 Å². The van der Waals surface area contributed by atoms with Crippen LogP contribution in [0.1, 0.15) is 5.56 Å². The molecule has 1 aliphatic rings. The van der Waals surface area contributed by atoms with Gasteiger partial charge in [0, 0.05) is 23.1 Å². The molecule has 0 radical (unpaired) electrons. The van der Waals surface area contributed by atoms with Crippen LogP contribution in [0.2, 0.25) is 5.02 Å². The molecule has 1 heterocycles. The molecule has 1 N–H and O–H groups in total. The number of rotatable bonds is 1. The van der Waals surface area contributed by atoms with E-state index in [2.05, 4.69) is 15.9 Å². The molecular formula is C11H12BrClN2O. The van der Waals surface area contributed by atoms with E-state index < -0.39 is 0 Å². The first kappa shape index (κ1) is 11.9. The minimum absolute atomic E-state index is 0.528. The van der Waals surface area contributed by atoms with Gasteiger partial charge >= 0.3 is 0 Å². The van der Waals surface area contributed by atoms with Crippen molar-refractivity contribution in [2.45, 2.75) is 0 Å². The summed E-state index contributed by atoms with van der Waals surface area (Å²) in [7, 11) is 0. The normalized spacial score (nSPS) is 16.2. The van der Waals surface area contributed by atoms with Crippen molar-refractivity contribution in [3.63, 3.8) is 0 Å². The number of halogens is 2.